The molecule has 40 heavy (non-hydrogen) atoms. The summed E-state index contributed by atoms with van der Waals surface area (Å²) in [6.45, 7) is 36.6. The number of methoxy groups -OCH3 is 1. The van der Waals surface area contributed by atoms with Gasteiger partial charge >= 0.3 is 0 Å². The van der Waals surface area contributed by atoms with Gasteiger partial charge in [0.05, 0.1) is 18.6 Å². The molecule has 2 aromatic rings. The molecule has 0 bridgehead atoms. The van der Waals surface area contributed by atoms with E-state index in [0.29, 0.717) is 5.75 Å². The van der Waals surface area contributed by atoms with Gasteiger partial charge in [0.25, 0.3) is 0 Å². The molecule has 0 radical (unpaired) electrons. The van der Waals surface area contributed by atoms with E-state index in [1.165, 1.54) is 44.5 Å². The maximum Gasteiger partial charge on any atom is 0.125 e. The fourth-order valence-corrected chi connectivity index (χ4v) is 5.34. The fraction of sp³-hybridized carbons (Fsp3) is 0.649. The molecule has 0 unspecified atom stereocenters. The van der Waals surface area contributed by atoms with Gasteiger partial charge in [-0.1, -0.05) is 48.5 Å². The second-order valence-corrected chi connectivity index (χ2v) is 13.5. The van der Waals surface area contributed by atoms with Crippen molar-refractivity contribution >= 4 is 0 Å². The van der Waals surface area contributed by atoms with E-state index in [-0.39, 0.29) is 16.2 Å². The number of hydrogen-bond acceptors (Lipinski definition) is 3. The van der Waals surface area contributed by atoms with Crippen LogP contribution < -0.4 is 4.74 Å². The Kier molecular flexibility index (Phi) is 13.5. The minimum absolute atomic E-state index is 0.111. The van der Waals surface area contributed by atoms with Gasteiger partial charge < -0.3 is 9.84 Å². The Balaban J connectivity index is 0.000000619. The van der Waals surface area contributed by atoms with Crippen LogP contribution in [0.3, 0.4) is 0 Å². The van der Waals surface area contributed by atoms with E-state index in [0.717, 1.165) is 36.1 Å². The third-order valence-electron chi connectivity index (χ3n) is 9.65. The summed E-state index contributed by atoms with van der Waals surface area (Å²) in [5.74, 6) is 1.52. The van der Waals surface area contributed by atoms with Gasteiger partial charge in [-0.2, -0.15) is 5.26 Å². The molecule has 0 atom stereocenters. The predicted molar refractivity (Wildman–Crippen MR) is 175 cm³/mol. The van der Waals surface area contributed by atoms with E-state index in [1.54, 1.807) is 7.11 Å². The van der Waals surface area contributed by atoms with Crippen LogP contribution in [0, 0.1) is 72.1 Å². The minimum atomic E-state index is -0.111. The zero-order valence-corrected chi connectivity index (χ0v) is 29.4. The van der Waals surface area contributed by atoms with Gasteiger partial charge in [0, 0.05) is 0 Å². The number of ether oxygens (including phenoxy) is 1. The Hall–Kier alpha value is -2.47. The highest BCUT2D eigenvalue weighted by atomic mass is 16.5. The van der Waals surface area contributed by atoms with Crippen LogP contribution in [0.2, 0.25) is 0 Å². The molecule has 1 N–H and O–H groups in total. The Morgan fingerprint density at radius 1 is 0.575 bits per heavy atom. The quantitative estimate of drug-likeness (QED) is 0.388. The zero-order chi connectivity index (χ0) is 32.0. The number of rotatable bonds is 6. The van der Waals surface area contributed by atoms with Crippen molar-refractivity contribution in [3.63, 3.8) is 0 Å². The molecule has 0 saturated heterocycles. The van der Waals surface area contributed by atoms with Gasteiger partial charge in [-0.25, -0.2) is 0 Å². The topological polar surface area (TPSA) is 53.2 Å². The lowest BCUT2D eigenvalue weighted by atomic mass is 9.75. The highest BCUT2D eigenvalue weighted by Gasteiger charge is 2.27. The van der Waals surface area contributed by atoms with Crippen molar-refractivity contribution in [2.45, 2.75) is 148 Å². The van der Waals surface area contributed by atoms with Crippen molar-refractivity contribution in [1.82, 2.24) is 0 Å². The summed E-state index contributed by atoms with van der Waals surface area (Å²) in [6.07, 6.45) is 3.20. The maximum atomic E-state index is 10.0. The number of benzene rings is 2. The summed E-state index contributed by atoms with van der Waals surface area (Å²) in [5.41, 5.74) is 13.1. The summed E-state index contributed by atoms with van der Waals surface area (Å²) in [7, 11) is 1.76. The summed E-state index contributed by atoms with van der Waals surface area (Å²) in [4.78, 5) is 0. The molecule has 0 aromatic heterocycles. The van der Waals surface area contributed by atoms with Crippen LogP contribution in [-0.2, 0) is 10.8 Å². The molecular formula is C37H61NO2. The van der Waals surface area contributed by atoms with Crippen molar-refractivity contribution in [3.8, 4) is 17.6 Å². The van der Waals surface area contributed by atoms with Crippen molar-refractivity contribution in [3.05, 3.63) is 55.6 Å². The van der Waals surface area contributed by atoms with Crippen LogP contribution in [0.1, 0.15) is 137 Å². The lowest BCUT2D eigenvalue weighted by Gasteiger charge is -2.30. The normalized spacial score (nSPS) is 11.6. The van der Waals surface area contributed by atoms with Crippen molar-refractivity contribution in [2.24, 2.45) is 5.41 Å². The molecule has 0 heterocycles. The number of aromatic hydroxyl groups is 1. The summed E-state index contributed by atoms with van der Waals surface area (Å²) < 4.78 is 5.54. The third kappa shape index (κ3) is 8.28. The molecule has 2 rings (SSSR count). The molecule has 0 spiro atoms. The van der Waals surface area contributed by atoms with Crippen molar-refractivity contribution in [1.29, 1.82) is 5.26 Å². The number of phenols is 1. The fourth-order valence-electron chi connectivity index (χ4n) is 5.34. The Morgan fingerprint density at radius 3 is 1.07 bits per heavy atom. The zero-order valence-electron chi connectivity index (χ0n) is 29.4. The van der Waals surface area contributed by atoms with Crippen LogP contribution in [-0.4, -0.2) is 12.2 Å². The first-order valence-electron chi connectivity index (χ1n) is 15.0. The molecule has 3 heteroatoms. The van der Waals surface area contributed by atoms with Crippen LogP contribution in [0.15, 0.2) is 0 Å². The molecule has 0 fully saturated rings. The first-order valence-corrected chi connectivity index (χ1v) is 15.0. The Morgan fingerprint density at radius 2 is 0.875 bits per heavy atom. The summed E-state index contributed by atoms with van der Waals surface area (Å²) >= 11 is 0. The first kappa shape index (κ1) is 37.5. The van der Waals surface area contributed by atoms with Crippen LogP contribution in [0.5, 0.6) is 11.5 Å². The number of nitrogens with zero attached hydrogens (tertiary/aromatic N) is 1. The predicted octanol–water partition coefficient (Wildman–Crippen LogP) is 10.9. The standard InChI is InChI=1S/C16H26O.C15H24O.C6H11N/c1-9-16(6,7)14-10(2)12(4)15(17-8)13(5)11(14)3;1-8-15(6,7)13-9(2)11(4)14(16)12(5)10(13)3;1-4-6(2,3)5-7/h9H2,1-8H3;16H,8H2,1-7H3;4H2,1-3H3. The third-order valence-corrected chi connectivity index (χ3v) is 9.65. The molecule has 0 aliphatic heterocycles. The smallest absolute Gasteiger partial charge is 0.125 e. The molecule has 0 saturated carbocycles. The van der Waals surface area contributed by atoms with Crippen LogP contribution in [0.25, 0.3) is 0 Å². The monoisotopic (exact) mass is 551 g/mol. The van der Waals surface area contributed by atoms with Crippen LogP contribution >= 0.6 is 0 Å². The average Bonchev–Trinajstić information content (AvgIpc) is 2.90. The average molecular weight is 552 g/mol. The van der Waals surface area contributed by atoms with Gasteiger partial charge in [-0.05, 0) is 155 Å². The Labute approximate surface area is 248 Å². The second-order valence-electron chi connectivity index (χ2n) is 13.5. The lowest BCUT2D eigenvalue weighted by molar-refractivity contribution is 0.406. The van der Waals surface area contributed by atoms with Gasteiger partial charge in [-0.15, -0.1) is 0 Å². The highest BCUT2D eigenvalue weighted by molar-refractivity contribution is 5.56. The van der Waals surface area contributed by atoms with Crippen molar-refractivity contribution in [2.75, 3.05) is 7.11 Å². The summed E-state index contributed by atoms with van der Waals surface area (Å²) in [5, 5.41) is 18.4. The van der Waals surface area contributed by atoms with E-state index in [4.69, 9.17) is 10.00 Å². The van der Waals surface area contributed by atoms with Crippen LogP contribution in [0.4, 0.5) is 0 Å². The molecule has 0 amide bonds. The van der Waals surface area contributed by atoms with E-state index in [1.807, 2.05) is 34.6 Å². The van der Waals surface area contributed by atoms with Crippen molar-refractivity contribution < 1.29 is 9.84 Å². The maximum absolute atomic E-state index is 10.0. The number of nitriles is 1. The Bertz CT molecular complexity index is 1150. The first-order chi connectivity index (χ1) is 18.1. The SMILES string of the molecule is CCC(C)(C)C#N.CCC(C)(C)c1c(C)c(C)c(O)c(C)c1C.CCC(C)(C)c1c(C)c(C)c(OC)c(C)c1C. The molecule has 3 nitrogen and oxygen atoms in total. The van der Waals surface area contributed by atoms with Gasteiger partial charge in [0.1, 0.15) is 11.5 Å². The van der Waals surface area contributed by atoms with Gasteiger partial charge in [0.15, 0.2) is 0 Å². The second kappa shape index (κ2) is 14.4. The molecule has 226 valence electrons. The number of phenolic OH excluding ortho intramolecular Hbond substituents is 1. The molecule has 0 aliphatic carbocycles. The largest absolute Gasteiger partial charge is 0.507 e. The number of hydrogen-bond donors (Lipinski definition) is 1. The minimum Gasteiger partial charge on any atom is -0.507 e. The molecular weight excluding hydrogens is 490 g/mol. The van der Waals surface area contributed by atoms with E-state index in [9.17, 15) is 5.11 Å². The van der Waals surface area contributed by atoms with Gasteiger partial charge in [-0.3, -0.25) is 0 Å². The molecule has 2 aromatic carbocycles. The van der Waals surface area contributed by atoms with E-state index in [2.05, 4.69) is 89.2 Å². The lowest BCUT2D eigenvalue weighted by Crippen LogP contribution is -2.20. The summed E-state index contributed by atoms with van der Waals surface area (Å²) in [6, 6.07) is 2.19. The molecule has 0 aliphatic rings. The van der Waals surface area contributed by atoms with E-state index < -0.39 is 0 Å². The van der Waals surface area contributed by atoms with Gasteiger partial charge in [0.2, 0.25) is 0 Å². The highest BCUT2D eigenvalue weighted by Crippen LogP contribution is 2.40. The van der Waals surface area contributed by atoms with E-state index >= 15 is 0 Å².